The van der Waals surface area contributed by atoms with E-state index in [-0.39, 0.29) is 29.4 Å². The standard InChI is InChI=1S/C27H30ClFN2O5S/c1-15(2)23(14-32)31-13-20(27(34)35)26(33)19-10-16(24(36-3)12-22(19)31)8-17-9-18(11-21(28)25(17)29)30-4-6-37-7-5-30/h9-13,15,23,32H,4-8,14H2,1-3H3,(H,34,35)/t23-/m1/s1. The number of carbonyl (C=O) groups is 1. The molecule has 0 saturated carbocycles. The number of carboxylic acids is 1. The van der Waals surface area contributed by atoms with Crippen LogP contribution < -0.4 is 15.1 Å². The van der Waals surface area contributed by atoms with Gasteiger partial charge in [-0.25, -0.2) is 9.18 Å². The lowest BCUT2D eigenvalue weighted by Gasteiger charge is -2.29. The molecule has 0 amide bonds. The van der Waals surface area contributed by atoms with E-state index in [0.717, 1.165) is 30.3 Å². The number of thioether (sulfide) groups is 1. The maximum Gasteiger partial charge on any atom is 0.341 e. The van der Waals surface area contributed by atoms with Crippen molar-refractivity contribution in [2.24, 2.45) is 5.92 Å². The number of rotatable bonds is 8. The van der Waals surface area contributed by atoms with Gasteiger partial charge in [0.25, 0.3) is 0 Å². The van der Waals surface area contributed by atoms with Gasteiger partial charge in [0, 0.05) is 54.4 Å². The summed E-state index contributed by atoms with van der Waals surface area (Å²) in [7, 11) is 1.48. The van der Waals surface area contributed by atoms with Crippen molar-refractivity contribution in [3.63, 3.8) is 0 Å². The van der Waals surface area contributed by atoms with Gasteiger partial charge in [-0.2, -0.15) is 11.8 Å². The fourth-order valence-electron chi connectivity index (χ4n) is 4.76. The summed E-state index contributed by atoms with van der Waals surface area (Å²) in [4.78, 5) is 27.3. The van der Waals surface area contributed by atoms with Crippen molar-refractivity contribution >= 4 is 45.9 Å². The van der Waals surface area contributed by atoms with Crippen LogP contribution in [0, 0.1) is 11.7 Å². The van der Waals surface area contributed by atoms with Crippen molar-refractivity contribution in [3.05, 3.63) is 68.2 Å². The molecule has 1 aliphatic rings. The zero-order valence-corrected chi connectivity index (χ0v) is 22.5. The highest BCUT2D eigenvalue weighted by molar-refractivity contribution is 7.99. The highest BCUT2D eigenvalue weighted by Crippen LogP contribution is 2.34. The molecule has 10 heteroatoms. The summed E-state index contributed by atoms with van der Waals surface area (Å²) >= 11 is 8.14. The fourth-order valence-corrected chi connectivity index (χ4v) is 5.90. The van der Waals surface area contributed by atoms with Crippen LogP contribution in [0.3, 0.4) is 0 Å². The zero-order valence-electron chi connectivity index (χ0n) is 21.0. The number of aromatic carboxylic acids is 1. The van der Waals surface area contributed by atoms with Crippen molar-refractivity contribution in [2.45, 2.75) is 26.3 Å². The molecule has 2 heterocycles. The number of aromatic nitrogens is 1. The minimum atomic E-state index is -1.36. The smallest absolute Gasteiger partial charge is 0.341 e. The lowest BCUT2D eigenvalue weighted by atomic mass is 9.98. The Labute approximate surface area is 223 Å². The summed E-state index contributed by atoms with van der Waals surface area (Å²) in [5, 5.41) is 19.9. The normalized spacial score (nSPS) is 14.8. The summed E-state index contributed by atoms with van der Waals surface area (Å²) in [5.74, 6) is 0.424. The highest BCUT2D eigenvalue weighted by atomic mass is 35.5. The number of aliphatic hydroxyl groups is 1. The first kappa shape index (κ1) is 27.3. The number of carboxylic acid groups (broad SMARTS) is 1. The maximum atomic E-state index is 15.2. The van der Waals surface area contributed by atoms with Crippen LogP contribution in [0.2, 0.25) is 5.02 Å². The number of benzene rings is 2. The number of halogens is 2. The van der Waals surface area contributed by atoms with Crippen molar-refractivity contribution in [1.29, 1.82) is 0 Å². The molecule has 1 aromatic heterocycles. The Bertz CT molecular complexity index is 1390. The average Bonchev–Trinajstić information content (AvgIpc) is 2.88. The van der Waals surface area contributed by atoms with Crippen molar-refractivity contribution < 1.29 is 24.1 Å². The molecule has 0 spiro atoms. The number of anilines is 1. The van der Waals surface area contributed by atoms with Crippen LogP contribution in [0.15, 0.2) is 35.3 Å². The van der Waals surface area contributed by atoms with Crippen LogP contribution >= 0.6 is 23.4 Å². The van der Waals surface area contributed by atoms with E-state index in [9.17, 15) is 19.8 Å². The predicted molar refractivity (Wildman–Crippen MR) is 146 cm³/mol. The van der Waals surface area contributed by atoms with Gasteiger partial charge in [-0.15, -0.1) is 0 Å². The lowest BCUT2D eigenvalue weighted by Crippen LogP contribution is -2.32. The topological polar surface area (TPSA) is 92.0 Å². The number of aliphatic hydroxyl groups excluding tert-OH is 1. The maximum absolute atomic E-state index is 15.2. The summed E-state index contributed by atoms with van der Waals surface area (Å²) in [6, 6.07) is 6.15. The summed E-state index contributed by atoms with van der Waals surface area (Å²) in [6.07, 6.45) is 1.36. The molecule has 3 aromatic rings. The molecule has 0 radical (unpaired) electrons. The van der Waals surface area contributed by atoms with E-state index in [1.165, 1.54) is 13.3 Å². The number of hydrogen-bond donors (Lipinski definition) is 2. The number of ether oxygens (including phenoxy) is 1. The minimum Gasteiger partial charge on any atom is -0.496 e. The Kier molecular flexibility index (Phi) is 8.36. The van der Waals surface area contributed by atoms with E-state index in [2.05, 4.69) is 4.90 Å². The number of pyridine rings is 1. The molecular formula is C27H30ClFN2O5S. The molecule has 0 bridgehead atoms. The van der Waals surface area contributed by atoms with Crippen molar-refractivity contribution in [2.75, 3.05) is 43.2 Å². The van der Waals surface area contributed by atoms with Gasteiger partial charge in [-0.1, -0.05) is 25.4 Å². The van der Waals surface area contributed by atoms with Gasteiger partial charge in [0.2, 0.25) is 5.43 Å². The second-order valence-electron chi connectivity index (χ2n) is 9.44. The van der Waals surface area contributed by atoms with E-state index in [0.29, 0.717) is 22.4 Å². The van der Waals surface area contributed by atoms with Gasteiger partial charge in [0.05, 0.1) is 30.3 Å². The van der Waals surface area contributed by atoms with Gasteiger partial charge in [0.1, 0.15) is 17.1 Å². The van der Waals surface area contributed by atoms with Crippen LogP contribution in [0.25, 0.3) is 10.9 Å². The average molecular weight is 549 g/mol. The van der Waals surface area contributed by atoms with Crippen molar-refractivity contribution in [1.82, 2.24) is 4.57 Å². The van der Waals surface area contributed by atoms with Crippen LogP contribution in [0.4, 0.5) is 10.1 Å². The van der Waals surface area contributed by atoms with Crippen molar-refractivity contribution in [3.8, 4) is 5.75 Å². The molecule has 2 N–H and O–H groups in total. The van der Waals surface area contributed by atoms with Gasteiger partial charge in [-0.05, 0) is 35.2 Å². The van der Waals surface area contributed by atoms with E-state index >= 15 is 4.39 Å². The first-order valence-electron chi connectivity index (χ1n) is 12.1. The van der Waals surface area contributed by atoms with E-state index in [1.54, 1.807) is 28.8 Å². The zero-order chi connectivity index (χ0) is 26.9. The molecule has 7 nitrogen and oxygen atoms in total. The van der Waals surface area contributed by atoms with Gasteiger partial charge < -0.3 is 24.4 Å². The number of methoxy groups -OCH3 is 1. The van der Waals surface area contributed by atoms with Gasteiger partial charge in [-0.3, -0.25) is 4.79 Å². The molecule has 1 atom stereocenters. The number of hydrogen-bond acceptors (Lipinski definition) is 6. The third kappa shape index (κ3) is 5.44. The van der Waals surface area contributed by atoms with E-state index in [1.807, 2.05) is 25.6 Å². The molecule has 0 aliphatic carbocycles. The third-order valence-electron chi connectivity index (χ3n) is 6.82. The molecule has 4 rings (SSSR count). The molecule has 1 fully saturated rings. The Morgan fingerprint density at radius 1 is 1.19 bits per heavy atom. The molecule has 2 aromatic carbocycles. The first-order valence-corrected chi connectivity index (χ1v) is 13.6. The Morgan fingerprint density at radius 2 is 1.89 bits per heavy atom. The van der Waals surface area contributed by atoms with Crippen LogP contribution in [-0.4, -0.2) is 59.1 Å². The molecule has 1 aliphatic heterocycles. The SMILES string of the molecule is COc1cc2c(cc1Cc1cc(N3CCSCC3)cc(Cl)c1F)c(=O)c(C(=O)O)cn2[C@H](CO)C(C)C. The quantitative estimate of drug-likeness (QED) is 0.416. The largest absolute Gasteiger partial charge is 0.496 e. The third-order valence-corrected chi connectivity index (χ3v) is 8.04. The summed E-state index contributed by atoms with van der Waals surface area (Å²) < 4.78 is 22.4. The molecule has 1 saturated heterocycles. The van der Waals surface area contributed by atoms with Gasteiger partial charge in [0.15, 0.2) is 0 Å². The van der Waals surface area contributed by atoms with Crippen LogP contribution in [-0.2, 0) is 6.42 Å². The number of fused-ring (bicyclic) bond motifs is 1. The summed E-state index contributed by atoms with van der Waals surface area (Å²) in [5.41, 5.74) is 1.08. The lowest BCUT2D eigenvalue weighted by molar-refractivity contribution is 0.0694. The van der Waals surface area contributed by atoms with Crippen LogP contribution in [0.1, 0.15) is 41.4 Å². The second-order valence-corrected chi connectivity index (χ2v) is 11.1. The first-order chi connectivity index (χ1) is 17.7. The fraction of sp³-hybridized carbons (Fsp3) is 0.407. The molecule has 0 unspecified atom stereocenters. The second kappa shape index (κ2) is 11.3. The predicted octanol–water partition coefficient (Wildman–Crippen LogP) is 4.83. The molecular weight excluding hydrogens is 519 g/mol. The minimum absolute atomic E-state index is 0.0173. The van der Waals surface area contributed by atoms with Crippen LogP contribution in [0.5, 0.6) is 5.75 Å². The van der Waals surface area contributed by atoms with E-state index < -0.39 is 28.8 Å². The number of nitrogens with zero attached hydrogens (tertiary/aromatic N) is 2. The molecule has 198 valence electrons. The van der Waals surface area contributed by atoms with Gasteiger partial charge >= 0.3 is 5.97 Å². The Balaban J connectivity index is 1.89. The Hall–Kier alpha value is -2.75. The monoisotopic (exact) mass is 548 g/mol. The Morgan fingerprint density at radius 3 is 2.49 bits per heavy atom. The van der Waals surface area contributed by atoms with E-state index in [4.69, 9.17) is 16.3 Å². The highest BCUT2D eigenvalue weighted by Gasteiger charge is 2.24. The summed E-state index contributed by atoms with van der Waals surface area (Å²) in [6.45, 7) is 5.23. The molecule has 37 heavy (non-hydrogen) atoms.